The van der Waals surface area contributed by atoms with Crippen molar-refractivity contribution < 1.29 is 9.53 Å². The van der Waals surface area contributed by atoms with E-state index in [9.17, 15) is 4.79 Å². The van der Waals surface area contributed by atoms with Crippen molar-refractivity contribution in [3.05, 3.63) is 42.5 Å². The zero-order chi connectivity index (χ0) is 13.2. The molecule has 18 heavy (non-hydrogen) atoms. The average Bonchev–Trinajstić information content (AvgIpc) is 2.38. The van der Waals surface area contributed by atoms with E-state index in [0.29, 0.717) is 19.8 Å². The average molecular weight is 248 g/mol. The Labute approximate surface area is 108 Å². The van der Waals surface area contributed by atoms with Gasteiger partial charge < -0.3 is 15.4 Å². The highest BCUT2D eigenvalue weighted by atomic mass is 16.5. The number of benzene rings is 1. The van der Waals surface area contributed by atoms with E-state index in [4.69, 9.17) is 4.74 Å². The standard InChI is InChI=1S/C14H20N2O2/c1-3-9-15-10-14(17)16-13-8-6-5-7-12(13)11-18-4-2/h3,5-8,15H,1,4,9-11H2,2H3,(H,16,17). The van der Waals surface area contributed by atoms with Crippen LogP contribution < -0.4 is 10.6 Å². The molecule has 0 spiro atoms. The van der Waals surface area contributed by atoms with Crippen molar-refractivity contribution in [1.82, 2.24) is 5.32 Å². The fraction of sp³-hybridized carbons (Fsp3) is 0.357. The second-order valence-electron chi connectivity index (χ2n) is 3.76. The SMILES string of the molecule is C=CCNCC(=O)Nc1ccccc1COCC. The lowest BCUT2D eigenvalue weighted by Crippen LogP contribution is -2.28. The summed E-state index contributed by atoms with van der Waals surface area (Å²) in [6.45, 7) is 7.58. The third-order valence-corrected chi connectivity index (χ3v) is 2.33. The minimum atomic E-state index is -0.0687. The van der Waals surface area contributed by atoms with Gasteiger partial charge in [0, 0.05) is 24.4 Å². The second kappa shape index (κ2) is 8.44. The van der Waals surface area contributed by atoms with Crippen LogP contribution in [0.15, 0.2) is 36.9 Å². The molecule has 0 unspecified atom stereocenters. The number of anilines is 1. The van der Waals surface area contributed by atoms with Crippen LogP contribution in [0.1, 0.15) is 12.5 Å². The van der Waals surface area contributed by atoms with Gasteiger partial charge in [-0.25, -0.2) is 0 Å². The Morgan fingerprint density at radius 2 is 2.22 bits per heavy atom. The van der Waals surface area contributed by atoms with Crippen LogP contribution in [0.3, 0.4) is 0 Å². The normalized spacial score (nSPS) is 10.1. The summed E-state index contributed by atoms with van der Waals surface area (Å²) in [6.07, 6.45) is 1.72. The molecule has 1 amide bonds. The molecule has 0 bridgehead atoms. The van der Waals surface area contributed by atoms with E-state index in [-0.39, 0.29) is 12.5 Å². The molecule has 0 aliphatic rings. The summed E-state index contributed by atoms with van der Waals surface area (Å²) < 4.78 is 5.36. The number of para-hydroxylation sites is 1. The lowest BCUT2D eigenvalue weighted by atomic mass is 10.2. The number of carbonyl (C=O) groups is 1. The Morgan fingerprint density at radius 1 is 1.44 bits per heavy atom. The van der Waals surface area contributed by atoms with Gasteiger partial charge in [-0.1, -0.05) is 24.3 Å². The number of nitrogens with one attached hydrogen (secondary N) is 2. The first-order valence-corrected chi connectivity index (χ1v) is 6.05. The van der Waals surface area contributed by atoms with Crippen LogP contribution in [0.5, 0.6) is 0 Å². The van der Waals surface area contributed by atoms with Gasteiger partial charge >= 0.3 is 0 Å². The van der Waals surface area contributed by atoms with E-state index < -0.39 is 0 Å². The summed E-state index contributed by atoms with van der Waals surface area (Å²) in [5.74, 6) is -0.0687. The molecule has 0 aromatic heterocycles. The Hall–Kier alpha value is -1.65. The summed E-state index contributed by atoms with van der Waals surface area (Å²) in [4.78, 5) is 11.7. The van der Waals surface area contributed by atoms with Gasteiger partial charge in [0.25, 0.3) is 0 Å². The third kappa shape index (κ3) is 5.12. The predicted octanol–water partition coefficient (Wildman–Crippen LogP) is 1.94. The van der Waals surface area contributed by atoms with Crippen LogP contribution in [0.4, 0.5) is 5.69 Å². The highest BCUT2D eigenvalue weighted by Crippen LogP contribution is 2.15. The molecule has 0 saturated carbocycles. The molecule has 0 atom stereocenters. The molecular weight excluding hydrogens is 228 g/mol. The molecule has 4 heteroatoms. The van der Waals surface area contributed by atoms with E-state index in [1.54, 1.807) is 6.08 Å². The van der Waals surface area contributed by atoms with E-state index in [0.717, 1.165) is 11.3 Å². The quantitative estimate of drug-likeness (QED) is 0.546. The molecule has 1 rings (SSSR count). The maximum absolute atomic E-state index is 11.7. The number of rotatable bonds is 8. The molecule has 98 valence electrons. The van der Waals surface area contributed by atoms with E-state index in [1.807, 2.05) is 31.2 Å². The van der Waals surface area contributed by atoms with Crippen molar-refractivity contribution in [2.45, 2.75) is 13.5 Å². The second-order valence-corrected chi connectivity index (χ2v) is 3.76. The summed E-state index contributed by atoms with van der Waals surface area (Å²) in [5, 5.41) is 5.82. The minimum absolute atomic E-state index is 0.0687. The number of amides is 1. The number of hydrogen-bond donors (Lipinski definition) is 2. The van der Waals surface area contributed by atoms with Crippen molar-refractivity contribution in [2.24, 2.45) is 0 Å². The van der Waals surface area contributed by atoms with Crippen molar-refractivity contribution in [3.8, 4) is 0 Å². The first kappa shape index (κ1) is 14.4. The lowest BCUT2D eigenvalue weighted by molar-refractivity contribution is -0.115. The topological polar surface area (TPSA) is 50.4 Å². The van der Waals surface area contributed by atoms with Crippen LogP contribution in [0, 0.1) is 0 Å². The fourth-order valence-corrected chi connectivity index (χ4v) is 1.46. The van der Waals surface area contributed by atoms with E-state index in [2.05, 4.69) is 17.2 Å². The van der Waals surface area contributed by atoms with Crippen LogP contribution in [-0.4, -0.2) is 25.6 Å². The molecule has 2 N–H and O–H groups in total. The van der Waals surface area contributed by atoms with Gasteiger partial charge in [-0.15, -0.1) is 6.58 Å². The summed E-state index contributed by atoms with van der Waals surface area (Å²) >= 11 is 0. The third-order valence-electron chi connectivity index (χ3n) is 2.33. The van der Waals surface area contributed by atoms with Gasteiger partial charge in [-0.2, -0.15) is 0 Å². The smallest absolute Gasteiger partial charge is 0.238 e. The van der Waals surface area contributed by atoms with Crippen molar-refractivity contribution in [1.29, 1.82) is 0 Å². The molecule has 0 saturated heterocycles. The molecule has 0 heterocycles. The largest absolute Gasteiger partial charge is 0.377 e. The lowest BCUT2D eigenvalue weighted by Gasteiger charge is -2.11. The van der Waals surface area contributed by atoms with E-state index >= 15 is 0 Å². The Kier molecular flexibility index (Phi) is 6.76. The molecule has 1 aromatic rings. The van der Waals surface area contributed by atoms with Crippen LogP contribution in [-0.2, 0) is 16.1 Å². The number of carbonyl (C=O) groups excluding carboxylic acids is 1. The van der Waals surface area contributed by atoms with E-state index in [1.165, 1.54) is 0 Å². The van der Waals surface area contributed by atoms with Gasteiger partial charge in [0.05, 0.1) is 13.2 Å². The van der Waals surface area contributed by atoms with Gasteiger partial charge in [0.2, 0.25) is 5.91 Å². The monoisotopic (exact) mass is 248 g/mol. The number of hydrogen-bond acceptors (Lipinski definition) is 3. The number of ether oxygens (including phenoxy) is 1. The van der Waals surface area contributed by atoms with Crippen LogP contribution in [0.25, 0.3) is 0 Å². The molecular formula is C14H20N2O2. The molecule has 0 fully saturated rings. The highest BCUT2D eigenvalue weighted by molar-refractivity contribution is 5.92. The van der Waals surface area contributed by atoms with Crippen LogP contribution in [0.2, 0.25) is 0 Å². The molecule has 4 nitrogen and oxygen atoms in total. The molecule has 0 aliphatic carbocycles. The summed E-state index contributed by atoms with van der Waals surface area (Å²) in [5.41, 5.74) is 1.78. The predicted molar refractivity (Wildman–Crippen MR) is 73.5 cm³/mol. The molecule has 0 radical (unpaired) electrons. The van der Waals surface area contributed by atoms with Crippen molar-refractivity contribution in [2.75, 3.05) is 25.0 Å². The zero-order valence-electron chi connectivity index (χ0n) is 10.7. The Balaban J connectivity index is 2.54. The Morgan fingerprint density at radius 3 is 2.94 bits per heavy atom. The van der Waals surface area contributed by atoms with Crippen LogP contribution >= 0.6 is 0 Å². The maximum atomic E-state index is 11.7. The molecule has 0 aliphatic heterocycles. The fourth-order valence-electron chi connectivity index (χ4n) is 1.46. The first-order chi connectivity index (χ1) is 8.77. The zero-order valence-corrected chi connectivity index (χ0v) is 10.7. The summed E-state index contributed by atoms with van der Waals surface area (Å²) in [6, 6.07) is 7.64. The molecule has 1 aromatic carbocycles. The van der Waals surface area contributed by atoms with Crippen molar-refractivity contribution >= 4 is 11.6 Å². The van der Waals surface area contributed by atoms with Gasteiger partial charge in [-0.05, 0) is 13.0 Å². The van der Waals surface area contributed by atoms with Crippen molar-refractivity contribution in [3.63, 3.8) is 0 Å². The first-order valence-electron chi connectivity index (χ1n) is 6.05. The van der Waals surface area contributed by atoms with Gasteiger partial charge in [-0.3, -0.25) is 4.79 Å². The summed E-state index contributed by atoms with van der Waals surface area (Å²) in [7, 11) is 0. The maximum Gasteiger partial charge on any atom is 0.238 e. The van der Waals surface area contributed by atoms with Gasteiger partial charge in [0.15, 0.2) is 0 Å². The Bertz CT molecular complexity index is 391. The minimum Gasteiger partial charge on any atom is -0.377 e. The van der Waals surface area contributed by atoms with Gasteiger partial charge in [0.1, 0.15) is 0 Å². The highest BCUT2D eigenvalue weighted by Gasteiger charge is 2.05.